The van der Waals surface area contributed by atoms with Crippen molar-refractivity contribution in [2.75, 3.05) is 12.9 Å². The summed E-state index contributed by atoms with van der Waals surface area (Å²) in [6, 6.07) is 3.09. The Balaban J connectivity index is 2.11. The molecule has 2 aromatic heterocycles. The highest BCUT2D eigenvalue weighted by molar-refractivity contribution is 7.99. The van der Waals surface area contributed by atoms with E-state index in [0.29, 0.717) is 16.4 Å². The van der Waals surface area contributed by atoms with Gasteiger partial charge in [-0.2, -0.15) is 0 Å². The lowest BCUT2D eigenvalue weighted by Crippen LogP contribution is -2.14. The normalized spacial score (nSPS) is 10.7. The second-order valence-electron chi connectivity index (χ2n) is 5.35. The lowest BCUT2D eigenvalue weighted by molar-refractivity contribution is -0.139. The SMILES string of the molecule is COC(=O)Cc1cc(=O)[nH]c(SCC(=O)c2cc(C)n(C)c2C)n1. The highest BCUT2D eigenvalue weighted by Gasteiger charge is 2.15. The van der Waals surface area contributed by atoms with Gasteiger partial charge in [0.25, 0.3) is 5.56 Å². The average Bonchev–Trinajstić information content (AvgIpc) is 2.79. The Morgan fingerprint density at radius 2 is 2.04 bits per heavy atom. The van der Waals surface area contributed by atoms with Crippen molar-refractivity contribution in [1.29, 1.82) is 0 Å². The summed E-state index contributed by atoms with van der Waals surface area (Å²) in [5.74, 6) is -0.368. The van der Waals surface area contributed by atoms with Gasteiger partial charge in [0, 0.05) is 30.1 Å². The molecule has 0 aliphatic rings. The van der Waals surface area contributed by atoms with E-state index in [-0.39, 0.29) is 23.5 Å². The van der Waals surface area contributed by atoms with Crippen molar-refractivity contribution in [2.45, 2.75) is 25.4 Å². The third-order valence-electron chi connectivity index (χ3n) is 3.74. The minimum atomic E-state index is -0.476. The lowest BCUT2D eigenvalue weighted by Gasteiger charge is -2.04. The molecule has 128 valence electrons. The zero-order valence-electron chi connectivity index (χ0n) is 14.0. The zero-order valence-corrected chi connectivity index (χ0v) is 14.8. The van der Waals surface area contributed by atoms with Gasteiger partial charge in [0.2, 0.25) is 0 Å². The van der Waals surface area contributed by atoms with E-state index in [4.69, 9.17) is 0 Å². The number of aromatic amines is 1. The van der Waals surface area contributed by atoms with E-state index in [0.717, 1.165) is 23.1 Å². The summed E-state index contributed by atoms with van der Waals surface area (Å²) in [6.45, 7) is 3.83. The average molecular weight is 349 g/mol. The number of esters is 1. The highest BCUT2D eigenvalue weighted by atomic mass is 32.2. The van der Waals surface area contributed by atoms with Gasteiger partial charge in [-0.25, -0.2) is 4.98 Å². The van der Waals surface area contributed by atoms with Crippen molar-refractivity contribution < 1.29 is 14.3 Å². The van der Waals surface area contributed by atoms with Crippen LogP contribution < -0.4 is 5.56 Å². The highest BCUT2D eigenvalue weighted by Crippen LogP contribution is 2.18. The minimum absolute atomic E-state index is 0.0396. The number of aromatic nitrogens is 3. The number of hydrogen-bond donors (Lipinski definition) is 1. The molecule has 7 nitrogen and oxygen atoms in total. The van der Waals surface area contributed by atoms with Gasteiger partial charge in [-0.15, -0.1) is 0 Å². The molecule has 0 aliphatic heterocycles. The summed E-state index contributed by atoms with van der Waals surface area (Å²) in [4.78, 5) is 42.1. The molecule has 0 saturated carbocycles. The predicted octanol–water partition coefficient (Wildman–Crippen LogP) is 1.42. The second kappa shape index (κ2) is 7.48. The number of ketones is 1. The van der Waals surface area contributed by atoms with Crippen LogP contribution in [0.4, 0.5) is 0 Å². The number of nitrogens with one attached hydrogen (secondary N) is 1. The number of rotatable bonds is 6. The summed E-state index contributed by atoms with van der Waals surface area (Å²) in [7, 11) is 3.18. The largest absolute Gasteiger partial charge is 0.469 e. The fraction of sp³-hybridized carbons (Fsp3) is 0.375. The molecule has 0 atom stereocenters. The van der Waals surface area contributed by atoms with E-state index >= 15 is 0 Å². The molecular formula is C16H19N3O4S. The maximum Gasteiger partial charge on any atom is 0.311 e. The van der Waals surface area contributed by atoms with Crippen LogP contribution in [-0.2, 0) is 23.0 Å². The number of ether oxygens (including phenoxy) is 1. The molecular weight excluding hydrogens is 330 g/mol. The van der Waals surface area contributed by atoms with Gasteiger partial charge in [0.1, 0.15) is 0 Å². The lowest BCUT2D eigenvalue weighted by atomic mass is 10.2. The maximum absolute atomic E-state index is 12.4. The van der Waals surface area contributed by atoms with E-state index in [1.54, 1.807) is 0 Å². The Morgan fingerprint density at radius 1 is 1.33 bits per heavy atom. The Bertz CT molecular complexity index is 838. The van der Waals surface area contributed by atoms with Crippen LogP contribution >= 0.6 is 11.8 Å². The standard InChI is InChI=1S/C16H19N3O4S/c1-9-5-12(10(2)19(9)3)13(20)8-24-16-17-11(6-14(21)18-16)7-15(22)23-4/h5-6H,7-8H2,1-4H3,(H,17,18,21). The van der Waals surface area contributed by atoms with Crippen LogP contribution in [-0.4, -0.2) is 39.2 Å². The first-order chi connectivity index (χ1) is 11.3. The molecule has 0 amide bonds. The number of hydrogen-bond acceptors (Lipinski definition) is 6. The van der Waals surface area contributed by atoms with E-state index in [9.17, 15) is 14.4 Å². The molecule has 0 aromatic carbocycles. The fourth-order valence-electron chi connectivity index (χ4n) is 2.21. The number of nitrogens with zero attached hydrogens (tertiary/aromatic N) is 2. The molecule has 0 unspecified atom stereocenters. The van der Waals surface area contributed by atoms with Crippen LogP contribution in [0, 0.1) is 13.8 Å². The van der Waals surface area contributed by atoms with Crippen molar-refractivity contribution in [2.24, 2.45) is 7.05 Å². The van der Waals surface area contributed by atoms with Crippen molar-refractivity contribution >= 4 is 23.5 Å². The van der Waals surface area contributed by atoms with Gasteiger partial charge in [-0.05, 0) is 19.9 Å². The molecule has 1 N–H and O–H groups in total. The van der Waals surface area contributed by atoms with Crippen LogP contribution in [0.15, 0.2) is 22.1 Å². The van der Waals surface area contributed by atoms with E-state index in [1.807, 2.05) is 31.5 Å². The van der Waals surface area contributed by atoms with Crippen molar-refractivity contribution in [3.05, 3.63) is 45.1 Å². The minimum Gasteiger partial charge on any atom is -0.469 e. The zero-order chi connectivity index (χ0) is 17.9. The molecule has 0 aliphatic carbocycles. The van der Waals surface area contributed by atoms with Crippen molar-refractivity contribution in [3.8, 4) is 0 Å². The van der Waals surface area contributed by atoms with Crippen LogP contribution in [0.3, 0.4) is 0 Å². The molecule has 0 fully saturated rings. The second-order valence-corrected chi connectivity index (χ2v) is 6.31. The smallest absolute Gasteiger partial charge is 0.311 e. The first-order valence-electron chi connectivity index (χ1n) is 7.27. The molecule has 2 heterocycles. The van der Waals surface area contributed by atoms with Crippen LogP contribution in [0.5, 0.6) is 0 Å². The quantitative estimate of drug-likeness (QED) is 0.367. The monoisotopic (exact) mass is 349 g/mol. The van der Waals surface area contributed by atoms with Gasteiger partial charge < -0.3 is 14.3 Å². The summed E-state index contributed by atoms with van der Waals surface area (Å²) in [5.41, 5.74) is 2.51. The Morgan fingerprint density at radius 3 is 2.62 bits per heavy atom. The molecule has 0 spiro atoms. The Kier molecular flexibility index (Phi) is 5.61. The van der Waals surface area contributed by atoms with Crippen molar-refractivity contribution in [3.63, 3.8) is 0 Å². The number of thioether (sulfide) groups is 1. The number of methoxy groups -OCH3 is 1. The third kappa shape index (κ3) is 4.14. The van der Waals surface area contributed by atoms with E-state index in [2.05, 4.69) is 14.7 Å². The number of carbonyl (C=O) groups excluding carboxylic acids is 2. The van der Waals surface area contributed by atoms with E-state index < -0.39 is 5.97 Å². The Hall–Kier alpha value is -2.35. The third-order valence-corrected chi connectivity index (χ3v) is 4.62. The molecule has 24 heavy (non-hydrogen) atoms. The van der Waals surface area contributed by atoms with Crippen LogP contribution in [0.1, 0.15) is 27.4 Å². The number of Topliss-reactive ketones (excluding diaryl/α,β-unsaturated/α-hetero) is 1. The molecule has 0 bridgehead atoms. The summed E-state index contributed by atoms with van der Waals surface area (Å²) in [6.07, 6.45) is -0.0844. The molecule has 0 saturated heterocycles. The van der Waals surface area contributed by atoms with Gasteiger partial charge >= 0.3 is 5.97 Å². The Labute approximate surface area is 143 Å². The first-order valence-corrected chi connectivity index (χ1v) is 8.26. The topological polar surface area (TPSA) is 94.0 Å². The van der Waals surface area contributed by atoms with Gasteiger partial charge in [-0.1, -0.05) is 11.8 Å². The molecule has 0 radical (unpaired) electrons. The fourth-order valence-corrected chi connectivity index (χ4v) is 2.99. The summed E-state index contributed by atoms with van der Waals surface area (Å²) < 4.78 is 6.52. The van der Waals surface area contributed by atoms with Gasteiger partial charge in [-0.3, -0.25) is 14.4 Å². The van der Waals surface area contributed by atoms with Crippen LogP contribution in [0.25, 0.3) is 0 Å². The summed E-state index contributed by atoms with van der Waals surface area (Å²) >= 11 is 1.13. The molecule has 8 heteroatoms. The number of H-pyrrole nitrogens is 1. The number of aryl methyl sites for hydroxylation is 1. The van der Waals surface area contributed by atoms with Crippen molar-refractivity contribution in [1.82, 2.24) is 14.5 Å². The number of carbonyl (C=O) groups is 2. The predicted molar refractivity (Wildman–Crippen MR) is 90.5 cm³/mol. The van der Waals surface area contributed by atoms with Gasteiger partial charge in [0.15, 0.2) is 10.9 Å². The molecule has 2 aromatic rings. The van der Waals surface area contributed by atoms with Gasteiger partial charge in [0.05, 0.1) is 25.0 Å². The van der Waals surface area contributed by atoms with E-state index in [1.165, 1.54) is 13.2 Å². The van der Waals surface area contributed by atoms with Crippen LogP contribution in [0.2, 0.25) is 0 Å². The molecule has 2 rings (SSSR count). The maximum atomic E-state index is 12.4. The summed E-state index contributed by atoms with van der Waals surface area (Å²) in [5, 5.41) is 0.306. The first kappa shape index (κ1) is 18.0.